The molecule has 3 nitrogen and oxygen atoms in total. The predicted octanol–water partition coefficient (Wildman–Crippen LogP) is 4.94. The quantitative estimate of drug-likeness (QED) is 0.464. The molecule has 0 aliphatic carbocycles. The van der Waals surface area contributed by atoms with Gasteiger partial charge in [0.2, 0.25) is 0 Å². The summed E-state index contributed by atoms with van der Waals surface area (Å²) < 4.78 is 5.21. The fraction of sp³-hybridized carbons (Fsp3) is 0. The largest absolute Gasteiger partial charge is 0.239 e. The zero-order chi connectivity index (χ0) is 18.5. The lowest BCUT2D eigenvalue weighted by molar-refractivity contribution is 1.18. The maximum absolute atomic E-state index is 6.34. The van der Waals surface area contributed by atoms with Crippen LogP contribution < -0.4 is 15.9 Å². The highest BCUT2D eigenvalue weighted by Gasteiger charge is 2.28. The molecule has 0 bridgehead atoms. The van der Waals surface area contributed by atoms with Crippen LogP contribution in [0.15, 0.2) is 108 Å². The highest BCUT2D eigenvalue weighted by atomic mass is 35.5. The summed E-state index contributed by atoms with van der Waals surface area (Å²) in [4.78, 5) is 8.58. The summed E-state index contributed by atoms with van der Waals surface area (Å²) in [6.45, 7) is 0. The molecule has 3 aromatic carbocycles. The molecule has 0 spiro atoms. The first-order valence-corrected chi connectivity index (χ1v) is 10.7. The molecule has 4 aromatic rings. The molecule has 27 heavy (non-hydrogen) atoms. The average molecular weight is 390 g/mol. The number of nitrogens with zero attached hydrogens (tertiary/aromatic N) is 3. The molecule has 0 radical (unpaired) electrons. The maximum atomic E-state index is 6.34. The lowest BCUT2D eigenvalue weighted by Crippen LogP contribution is -2.25. The molecule has 0 aliphatic heterocycles. The number of hydrogen-bond acceptors (Lipinski definition) is 3. The molecule has 1 aromatic heterocycles. The third kappa shape index (κ3) is 3.44. The molecule has 4 rings (SSSR count). The SMILES string of the molecule is Clc1nccnc1N=P(c1ccccc1)(c1ccccc1)c1ccccc1. The van der Waals surface area contributed by atoms with E-state index in [1.165, 1.54) is 0 Å². The van der Waals surface area contributed by atoms with E-state index in [2.05, 4.69) is 46.4 Å². The minimum absolute atomic E-state index is 0.310. The molecular formula is C22H17ClN3P. The molecule has 0 aliphatic rings. The van der Waals surface area contributed by atoms with Gasteiger partial charge in [-0.05, 0) is 0 Å². The van der Waals surface area contributed by atoms with Gasteiger partial charge in [0.15, 0.2) is 11.0 Å². The van der Waals surface area contributed by atoms with Gasteiger partial charge in [-0.3, -0.25) is 0 Å². The van der Waals surface area contributed by atoms with Gasteiger partial charge in [0.05, 0.1) is 7.05 Å². The van der Waals surface area contributed by atoms with Gasteiger partial charge in [-0.25, -0.2) is 14.7 Å². The van der Waals surface area contributed by atoms with E-state index in [0.29, 0.717) is 11.0 Å². The molecule has 132 valence electrons. The average Bonchev–Trinajstić information content (AvgIpc) is 2.75. The van der Waals surface area contributed by atoms with Crippen molar-refractivity contribution in [1.82, 2.24) is 9.97 Å². The van der Waals surface area contributed by atoms with Crippen LogP contribution in [0.25, 0.3) is 0 Å². The Labute approximate surface area is 163 Å². The first kappa shape index (κ1) is 17.7. The van der Waals surface area contributed by atoms with Gasteiger partial charge in [-0.1, -0.05) is 103 Å². The first-order chi connectivity index (χ1) is 13.3. The third-order valence-electron chi connectivity index (χ3n) is 4.27. The van der Waals surface area contributed by atoms with Crippen molar-refractivity contribution in [3.05, 3.63) is 109 Å². The highest BCUT2D eigenvalue weighted by molar-refractivity contribution is 7.87. The third-order valence-corrected chi connectivity index (χ3v) is 8.16. The zero-order valence-electron chi connectivity index (χ0n) is 14.5. The number of aromatic nitrogens is 2. The second-order valence-electron chi connectivity index (χ2n) is 5.91. The molecule has 0 fully saturated rings. The first-order valence-electron chi connectivity index (χ1n) is 8.56. The van der Waals surface area contributed by atoms with Crippen molar-refractivity contribution in [3.8, 4) is 0 Å². The summed E-state index contributed by atoms with van der Waals surface area (Å²) in [5.41, 5.74) is 0. The van der Waals surface area contributed by atoms with Gasteiger partial charge in [-0.15, -0.1) is 0 Å². The Morgan fingerprint density at radius 3 is 1.41 bits per heavy atom. The van der Waals surface area contributed by atoms with Crippen molar-refractivity contribution >= 4 is 40.4 Å². The lowest BCUT2D eigenvalue weighted by Gasteiger charge is -2.26. The van der Waals surface area contributed by atoms with Gasteiger partial charge >= 0.3 is 0 Å². The van der Waals surface area contributed by atoms with E-state index in [1.54, 1.807) is 12.4 Å². The second kappa shape index (κ2) is 7.87. The van der Waals surface area contributed by atoms with Crippen molar-refractivity contribution in [2.24, 2.45) is 4.74 Å². The topological polar surface area (TPSA) is 38.1 Å². The zero-order valence-corrected chi connectivity index (χ0v) is 16.1. The highest BCUT2D eigenvalue weighted by Crippen LogP contribution is 2.49. The predicted molar refractivity (Wildman–Crippen MR) is 114 cm³/mol. The van der Waals surface area contributed by atoms with Crippen molar-refractivity contribution in [2.45, 2.75) is 0 Å². The molecular weight excluding hydrogens is 373 g/mol. The Hall–Kier alpha value is -2.74. The van der Waals surface area contributed by atoms with Crippen LogP contribution in [0, 0.1) is 0 Å². The number of benzene rings is 3. The molecule has 0 amide bonds. The smallest absolute Gasteiger partial charge is 0.189 e. The Morgan fingerprint density at radius 1 is 0.593 bits per heavy atom. The van der Waals surface area contributed by atoms with Gasteiger partial charge in [-0.2, -0.15) is 0 Å². The van der Waals surface area contributed by atoms with Crippen molar-refractivity contribution in [3.63, 3.8) is 0 Å². The number of rotatable bonds is 4. The molecule has 0 N–H and O–H groups in total. The van der Waals surface area contributed by atoms with E-state index in [4.69, 9.17) is 16.3 Å². The minimum Gasteiger partial charge on any atom is -0.239 e. The van der Waals surface area contributed by atoms with Gasteiger partial charge in [0, 0.05) is 28.3 Å². The van der Waals surface area contributed by atoms with Crippen molar-refractivity contribution in [2.75, 3.05) is 0 Å². The molecule has 1 heterocycles. The van der Waals surface area contributed by atoms with Crippen LogP contribution in [-0.4, -0.2) is 9.97 Å². The molecule has 5 heteroatoms. The lowest BCUT2D eigenvalue weighted by atomic mass is 10.4. The molecule has 0 atom stereocenters. The van der Waals surface area contributed by atoms with Crippen LogP contribution >= 0.6 is 18.7 Å². The van der Waals surface area contributed by atoms with E-state index >= 15 is 0 Å². The van der Waals surface area contributed by atoms with E-state index in [1.807, 2.05) is 54.6 Å². The molecule has 0 unspecified atom stereocenters. The Balaban J connectivity index is 2.15. The van der Waals surface area contributed by atoms with E-state index in [-0.39, 0.29) is 0 Å². The van der Waals surface area contributed by atoms with Gasteiger partial charge in [0.1, 0.15) is 0 Å². The number of hydrogen-bond donors (Lipinski definition) is 0. The Morgan fingerprint density at radius 2 is 1.00 bits per heavy atom. The summed E-state index contributed by atoms with van der Waals surface area (Å²) in [5.74, 6) is 0.462. The van der Waals surface area contributed by atoms with Crippen LogP contribution in [0.5, 0.6) is 0 Å². The standard InChI is InChI=1S/C22H17ClN3P/c23-21-22(25-17-16-24-21)26-27(18-10-4-1-5-11-18,19-12-6-2-7-13-19)20-14-8-3-9-15-20/h1-17H. The summed E-state index contributed by atoms with van der Waals surface area (Å²) in [6.07, 6.45) is 3.20. The Bertz CT molecular complexity index is 981. The Kier molecular flexibility index (Phi) is 5.15. The van der Waals surface area contributed by atoms with Crippen molar-refractivity contribution in [1.29, 1.82) is 0 Å². The minimum atomic E-state index is -2.36. The molecule has 0 saturated carbocycles. The normalized spacial score (nSPS) is 11.1. The second-order valence-corrected chi connectivity index (χ2v) is 9.29. The van der Waals surface area contributed by atoms with Crippen LogP contribution in [-0.2, 0) is 0 Å². The summed E-state index contributed by atoms with van der Waals surface area (Å²) in [5, 5.41) is 3.74. The van der Waals surface area contributed by atoms with Crippen LogP contribution in [0.3, 0.4) is 0 Å². The van der Waals surface area contributed by atoms with Crippen LogP contribution in [0.2, 0.25) is 5.15 Å². The fourth-order valence-electron chi connectivity index (χ4n) is 3.07. The van der Waals surface area contributed by atoms with E-state index < -0.39 is 7.05 Å². The maximum Gasteiger partial charge on any atom is 0.189 e. The van der Waals surface area contributed by atoms with E-state index in [9.17, 15) is 0 Å². The van der Waals surface area contributed by atoms with Crippen LogP contribution in [0.1, 0.15) is 0 Å². The summed E-state index contributed by atoms with van der Waals surface area (Å²) >= 11 is 6.34. The van der Waals surface area contributed by atoms with Crippen LogP contribution in [0.4, 0.5) is 5.82 Å². The monoisotopic (exact) mass is 389 g/mol. The van der Waals surface area contributed by atoms with Crippen molar-refractivity contribution < 1.29 is 0 Å². The van der Waals surface area contributed by atoms with E-state index in [0.717, 1.165) is 15.9 Å². The van der Waals surface area contributed by atoms with Gasteiger partial charge < -0.3 is 0 Å². The summed E-state index contributed by atoms with van der Waals surface area (Å²) in [7, 11) is -2.36. The fourth-order valence-corrected chi connectivity index (χ4v) is 6.76. The summed E-state index contributed by atoms with van der Waals surface area (Å²) in [6, 6.07) is 31.1. The van der Waals surface area contributed by atoms with Gasteiger partial charge in [0.25, 0.3) is 0 Å². The molecule has 0 saturated heterocycles. The number of halogens is 1.